The van der Waals surface area contributed by atoms with Gasteiger partial charge in [-0.05, 0) is 5.92 Å². The van der Waals surface area contributed by atoms with Crippen molar-refractivity contribution in [2.75, 3.05) is 0 Å². The Kier molecular flexibility index (Phi) is 3.44. The van der Waals surface area contributed by atoms with E-state index in [1.165, 1.54) is 0 Å². The summed E-state index contributed by atoms with van der Waals surface area (Å²) in [6, 6.07) is -0.264. The van der Waals surface area contributed by atoms with Gasteiger partial charge in [0.25, 0.3) is 0 Å². The Labute approximate surface area is 50.1 Å². The molecule has 2 atom stereocenters. The highest BCUT2D eigenvalue weighted by atomic mass is 16.1. The quantitative estimate of drug-likeness (QED) is 0.546. The fourth-order valence-electron chi connectivity index (χ4n) is 0.406. The van der Waals surface area contributed by atoms with Gasteiger partial charge in [0.15, 0.2) is 0 Å². The van der Waals surface area contributed by atoms with Crippen molar-refractivity contribution in [3.63, 3.8) is 0 Å². The first-order chi connectivity index (χ1) is 3.72. The molecule has 0 aromatic carbocycles. The molecule has 2 heteroatoms. The van der Waals surface area contributed by atoms with E-state index < -0.39 is 0 Å². The molecule has 0 radical (unpaired) electrons. The third-order valence-corrected chi connectivity index (χ3v) is 1.46. The molecule has 0 heterocycles. The molecule has 48 valence electrons. The Morgan fingerprint density at radius 3 is 2.38 bits per heavy atom. The van der Waals surface area contributed by atoms with Crippen LogP contribution in [0.4, 0.5) is 0 Å². The van der Waals surface area contributed by atoms with Crippen LogP contribution in [-0.2, 0) is 4.79 Å². The van der Waals surface area contributed by atoms with Crippen molar-refractivity contribution in [3.8, 4) is 0 Å². The van der Waals surface area contributed by atoms with Crippen LogP contribution in [0.1, 0.15) is 20.3 Å². The predicted molar refractivity (Wildman–Crippen MR) is 33.5 cm³/mol. The standard InChI is InChI=1S/C6H13NO/c1-3-5(2)6(7)4-8/h4-6H,3,7H2,1-2H3/t5-,6+/m1/s1. The smallest absolute Gasteiger partial charge is 0.136 e. The zero-order valence-electron chi connectivity index (χ0n) is 5.42. The van der Waals surface area contributed by atoms with Crippen molar-refractivity contribution in [2.45, 2.75) is 26.3 Å². The fourth-order valence-corrected chi connectivity index (χ4v) is 0.406. The lowest BCUT2D eigenvalue weighted by Crippen LogP contribution is -2.28. The van der Waals surface area contributed by atoms with Crippen molar-refractivity contribution in [1.82, 2.24) is 0 Å². The maximum absolute atomic E-state index is 9.98. The van der Waals surface area contributed by atoms with Gasteiger partial charge in [-0.3, -0.25) is 0 Å². The van der Waals surface area contributed by atoms with E-state index in [9.17, 15) is 4.79 Å². The summed E-state index contributed by atoms with van der Waals surface area (Å²) < 4.78 is 0. The van der Waals surface area contributed by atoms with Crippen molar-refractivity contribution in [2.24, 2.45) is 11.7 Å². The summed E-state index contributed by atoms with van der Waals surface area (Å²) in [5, 5.41) is 0. The normalized spacial score (nSPS) is 17.4. The van der Waals surface area contributed by atoms with Gasteiger partial charge in [-0.2, -0.15) is 0 Å². The zero-order valence-corrected chi connectivity index (χ0v) is 5.42. The van der Waals surface area contributed by atoms with Gasteiger partial charge in [0.2, 0.25) is 0 Å². The molecule has 0 bridgehead atoms. The highest BCUT2D eigenvalue weighted by molar-refractivity contribution is 5.57. The van der Waals surface area contributed by atoms with Crippen molar-refractivity contribution in [3.05, 3.63) is 0 Å². The van der Waals surface area contributed by atoms with Gasteiger partial charge in [0.1, 0.15) is 6.29 Å². The van der Waals surface area contributed by atoms with E-state index in [0.717, 1.165) is 12.7 Å². The summed E-state index contributed by atoms with van der Waals surface area (Å²) >= 11 is 0. The Bertz CT molecular complexity index is 72.9. The molecule has 8 heavy (non-hydrogen) atoms. The first kappa shape index (κ1) is 7.63. The Morgan fingerprint density at radius 2 is 2.25 bits per heavy atom. The molecule has 0 aliphatic carbocycles. The van der Waals surface area contributed by atoms with E-state index in [1.54, 1.807) is 0 Å². The molecule has 0 saturated heterocycles. The molecule has 0 fully saturated rings. The summed E-state index contributed by atoms with van der Waals surface area (Å²) in [6.45, 7) is 3.99. The highest BCUT2D eigenvalue weighted by Gasteiger charge is 2.07. The van der Waals surface area contributed by atoms with Crippen LogP contribution in [0, 0.1) is 5.92 Å². The van der Waals surface area contributed by atoms with Gasteiger partial charge in [0, 0.05) is 0 Å². The van der Waals surface area contributed by atoms with Gasteiger partial charge >= 0.3 is 0 Å². The van der Waals surface area contributed by atoms with Crippen LogP contribution in [-0.4, -0.2) is 12.3 Å². The van der Waals surface area contributed by atoms with E-state index in [1.807, 2.05) is 13.8 Å². The molecule has 0 spiro atoms. The number of aldehydes is 1. The van der Waals surface area contributed by atoms with Gasteiger partial charge < -0.3 is 10.5 Å². The monoisotopic (exact) mass is 115 g/mol. The average Bonchev–Trinajstić information content (AvgIpc) is 1.84. The lowest BCUT2D eigenvalue weighted by Gasteiger charge is -2.09. The van der Waals surface area contributed by atoms with Gasteiger partial charge in [-0.1, -0.05) is 20.3 Å². The number of hydrogen-bond donors (Lipinski definition) is 1. The van der Waals surface area contributed by atoms with Gasteiger partial charge in [0.05, 0.1) is 6.04 Å². The Hall–Kier alpha value is -0.370. The molecular formula is C6H13NO. The van der Waals surface area contributed by atoms with Crippen molar-refractivity contribution < 1.29 is 4.79 Å². The second-order valence-electron chi connectivity index (χ2n) is 2.10. The largest absolute Gasteiger partial charge is 0.322 e. The minimum absolute atomic E-state index is 0.264. The zero-order chi connectivity index (χ0) is 6.57. The average molecular weight is 115 g/mol. The van der Waals surface area contributed by atoms with Crippen LogP contribution in [0.15, 0.2) is 0 Å². The minimum Gasteiger partial charge on any atom is -0.322 e. The topological polar surface area (TPSA) is 43.1 Å². The summed E-state index contributed by atoms with van der Waals surface area (Å²) in [7, 11) is 0. The molecule has 0 rings (SSSR count). The van der Waals surface area contributed by atoms with Crippen LogP contribution in [0.2, 0.25) is 0 Å². The predicted octanol–water partition coefficient (Wildman–Crippen LogP) is 0.559. The maximum Gasteiger partial charge on any atom is 0.136 e. The van der Waals surface area contributed by atoms with Crippen molar-refractivity contribution in [1.29, 1.82) is 0 Å². The van der Waals surface area contributed by atoms with E-state index in [4.69, 9.17) is 5.73 Å². The molecule has 2 N–H and O–H groups in total. The third kappa shape index (κ3) is 2.07. The molecular weight excluding hydrogens is 102 g/mol. The second kappa shape index (κ2) is 3.61. The van der Waals surface area contributed by atoms with E-state index in [0.29, 0.717) is 5.92 Å². The summed E-state index contributed by atoms with van der Waals surface area (Å²) in [5.41, 5.74) is 5.36. The molecule has 0 amide bonds. The van der Waals surface area contributed by atoms with E-state index in [2.05, 4.69) is 0 Å². The van der Waals surface area contributed by atoms with Crippen LogP contribution >= 0.6 is 0 Å². The first-order valence-electron chi connectivity index (χ1n) is 2.93. The van der Waals surface area contributed by atoms with Crippen LogP contribution in [0.5, 0.6) is 0 Å². The lowest BCUT2D eigenvalue weighted by atomic mass is 10.0. The number of rotatable bonds is 3. The molecule has 0 aliphatic heterocycles. The number of hydrogen-bond acceptors (Lipinski definition) is 2. The SMILES string of the molecule is CC[C@@H](C)[C@@H](N)C=O. The Morgan fingerprint density at radius 1 is 1.75 bits per heavy atom. The Balaban J connectivity index is 3.44. The second-order valence-corrected chi connectivity index (χ2v) is 2.10. The van der Waals surface area contributed by atoms with Gasteiger partial charge in [-0.25, -0.2) is 0 Å². The van der Waals surface area contributed by atoms with Gasteiger partial charge in [-0.15, -0.1) is 0 Å². The first-order valence-corrected chi connectivity index (χ1v) is 2.93. The molecule has 0 aromatic heterocycles. The molecule has 0 unspecified atom stereocenters. The van der Waals surface area contributed by atoms with Crippen molar-refractivity contribution >= 4 is 6.29 Å². The fraction of sp³-hybridized carbons (Fsp3) is 0.833. The highest BCUT2D eigenvalue weighted by Crippen LogP contribution is 2.01. The summed E-state index contributed by atoms with van der Waals surface area (Å²) in [4.78, 5) is 9.98. The molecule has 0 saturated carbocycles. The van der Waals surface area contributed by atoms with Crippen LogP contribution in [0.3, 0.4) is 0 Å². The number of nitrogens with two attached hydrogens (primary N) is 1. The molecule has 0 aromatic rings. The molecule has 2 nitrogen and oxygen atoms in total. The van der Waals surface area contributed by atoms with E-state index >= 15 is 0 Å². The third-order valence-electron chi connectivity index (χ3n) is 1.46. The summed E-state index contributed by atoms with van der Waals surface area (Å²) in [5.74, 6) is 0.326. The van der Waals surface area contributed by atoms with Crippen LogP contribution in [0.25, 0.3) is 0 Å². The van der Waals surface area contributed by atoms with E-state index in [-0.39, 0.29) is 6.04 Å². The van der Waals surface area contributed by atoms with Crippen LogP contribution < -0.4 is 5.73 Å². The number of carbonyl (C=O) groups is 1. The summed E-state index contributed by atoms with van der Waals surface area (Å²) in [6.07, 6.45) is 1.77. The number of carbonyl (C=O) groups excluding carboxylic acids is 1. The minimum atomic E-state index is -0.264. The molecule has 0 aliphatic rings. The lowest BCUT2D eigenvalue weighted by molar-refractivity contribution is -0.109. The maximum atomic E-state index is 9.98.